The fourth-order valence-electron chi connectivity index (χ4n) is 2.21. The van der Waals surface area contributed by atoms with E-state index in [1.807, 2.05) is 0 Å². The Kier molecular flexibility index (Phi) is 14.8. The first kappa shape index (κ1) is 20.0. The van der Waals surface area contributed by atoms with Gasteiger partial charge >= 0.3 is 6.00 Å². The molecule has 0 bridgehead atoms. The summed E-state index contributed by atoms with van der Waals surface area (Å²) in [4.78, 5) is 0. The first-order valence-electron chi connectivity index (χ1n) is 7.74. The van der Waals surface area contributed by atoms with Crippen LogP contribution in [-0.4, -0.2) is 17.7 Å². The molecule has 0 aromatic carbocycles. The average molecular weight is 348 g/mol. The molecule has 0 fully saturated rings. The van der Waals surface area contributed by atoms with E-state index in [4.69, 9.17) is 38.3 Å². The molecular formula is C14H29Cl3OSi. The number of hydrogen-bond donors (Lipinski definition) is 1. The molecule has 0 aliphatic heterocycles. The topological polar surface area (TPSA) is 20.2 Å². The van der Waals surface area contributed by atoms with Gasteiger partial charge in [-0.25, -0.2) is 0 Å². The molecule has 0 aromatic heterocycles. The van der Waals surface area contributed by atoms with Crippen molar-refractivity contribution in [1.29, 1.82) is 0 Å². The van der Waals surface area contributed by atoms with E-state index in [1.165, 1.54) is 64.2 Å². The third-order valence-corrected chi connectivity index (χ3v) is 5.99. The van der Waals surface area contributed by atoms with E-state index in [0.29, 0.717) is 6.61 Å². The Bertz CT molecular complexity index is 186. The lowest BCUT2D eigenvalue weighted by Crippen LogP contribution is -2.07. The highest BCUT2D eigenvalue weighted by molar-refractivity contribution is 7.64. The number of halogens is 3. The minimum Gasteiger partial charge on any atom is -0.396 e. The molecule has 0 rings (SSSR count). The number of aliphatic hydroxyl groups is 1. The maximum absolute atomic E-state index is 8.65. The van der Waals surface area contributed by atoms with Crippen LogP contribution >= 0.6 is 33.2 Å². The standard InChI is InChI=1S/C14H29Cl3OSi/c15-19(16,17)14-12-10-8-6-4-2-1-3-5-7-9-11-13-18/h18H,1-14H2. The van der Waals surface area contributed by atoms with Gasteiger partial charge in [-0.1, -0.05) is 70.6 Å². The summed E-state index contributed by atoms with van der Waals surface area (Å²) in [6.45, 7) is 0.348. The van der Waals surface area contributed by atoms with Crippen LogP contribution in [0.25, 0.3) is 0 Å². The zero-order valence-electron chi connectivity index (χ0n) is 12.0. The Labute approximate surface area is 134 Å². The monoisotopic (exact) mass is 346 g/mol. The van der Waals surface area contributed by atoms with E-state index < -0.39 is 6.00 Å². The number of hydrogen-bond acceptors (Lipinski definition) is 1. The molecule has 0 aliphatic rings. The van der Waals surface area contributed by atoms with Crippen LogP contribution in [0, 0.1) is 0 Å². The molecule has 0 amide bonds. The largest absolute Gasteiger partial charge is 0.396 e. The Morgan fingerprint density at radius 3 is 1.16 bits per heavy atom. The van der Waals surface area contributed by atoms with Gasteiger partial charge in [-0.3, -0.25) is 0 Å². The minimum atomic E-state index is -2.36. The SMILES string of the molecule is OCCCCCCCCCCCCCC[Si](Cl)(Cl)Cl. The molecule has 0 spiro atoms. The highest BCUT2D eigenvalue weighted by Crippen LogP contribution is 2.27. The first-order valence-corrected chi connectivity index (χ1v) is 13.0. The van der Waals surface area contributed by atoms with Gasteiger partial charge in [-0.2, -0.15) is 0 Å². The second-order valence-corrected chi connectivity index (χ2v) is 14.6. The van der Waals surface area contributed by atoms with Crippen LogP contribution in [0.15, 0.2) is 0 Å². The van der Waals surface area contributed by atoms with Crippen molar-refractivity contribution in [1.82, 2.24) is 0 Å². The molecular weight excluding hydrogens is 319 g/mol. The second kappa shape index (κ2) is 14.0. The summed E-state index contributed by atoms with van der Waals surface area (Å²) >= 11 is 17.5. The molecule has 0 atom stereocenters. The van der Waals surface area contributed by atoms with Crippen molar-refractivity contribution in [3.8, 4) is 0 Å². The van der Waals surface area contributed by atoms with Crippen LogP contribution < -0.4 is 0 Å². The van der Waals surface area contributed by atoms with Gasteiger partial charge in [0.1, 0.15) is 0 Å². The van der Waals surface area contributed by atoms with Gasteiger partial charge in [0.25, 0.3) is 0 Å². The van der Waals surface area contributed by atoms with Gasteiger partial charge in [-0.05, 0) is 12.5 Å². The Balaban J connectivity index is 2.99. The summed E-state index contributed by atoms with van der Waals surface area (Å²) in [6.07, 6.45) is 15.1. The van der Waals surface area contributed by atoms with Crippen molar-refractivity contribution in [3.63, 3.8) is 0 Å². The molecule has 116 valence electrons. The molecule has 0 radical (unpaired) electrons. The van der Waals surface area contributed by atoms with Gasteiger partial charge in [-0.15, -0.1) is 33.2 Å². The van der Waals surface area contributed by atoms with Crippen molar-refractivity contribution >= 4 is 39.2 Å². The lowest BCUT2D eigenvalue weighted by Gasteiger charge is -2.06. The molecule has 0 aromatic rings. The number of aliphatic hydroxyl groups excluding tert-OH is 1. The van der Waals surface area contributed by atoms with Crippen LogP contribution in [0.4, 0.5) is 0 Å². The Morgan fingerprint density at radius 1 is 0.526 bits per heavy atom. The van der Waals surface area contributed by atoms with Crippen molar-refractivity contribution in [2.75, 3.05) is 6.61 Å². The summed E-state index contributed by atoms with van der Waals surface area (Å²) in [5, 5.41) is 8.65. The summed E-state index contributed by atoms with van der Waals surface area (Å²) in [5.74, 6) is 0. The highest BCUT2D eigenvalue weighted by atomic mass is 35.8. The van der Waals surface area contributed by atoms with E-state index in [-0.39, 0.29) is 0 Å². The fraction of sp³-hybridized carbons (Fsp3) is 1.00. The van der Waals surface area contributed by atoms with Crippen molar-refractivity contribution in [2.24, 2.45) is 0 Å². The van der Waals surface area contributed by atoms with E-state index in [0.717, 1.165) is 18.9 Å². The first-order chi connectivity index (χ1) is 9.06. The van der Waals surface area contributed by atoms with Gasteiger partial charge in [0.2, 0.25) is 0 Å². The molecule has 19 heavy (non-hydrogen) atoms. The molecule has 1 N–H and O–H groups in total. The summed E-state index contributed by atoms with van der Waals surface area (Å²) in [5.41, 5.74) is 0. The highest BCUT2D eigenvalue weighted by Gasteiger charge is 2.23. The van der Waals surface area contributed by atoms with E-state index >= 15 is 0 Å². The molecule has 5 heteroatoms. The van der Waals surface area contributed by atoms with E-state index in [9.17, 15) is 0 Å². The van der Waals surface area contributed by atoms with Crippen molar-refractivity contribution in [3.05, 3.63) is 0 Å². The van der Waals surface area contributed by atoms with Crippen molar-refractivity contribution < 1.29 is 5.11 Å². The lowest BCUT2D eigenvalue weighted by molar-refractivity contribution is 0.282. The van der Waals surface area contributed by atoms with Gasteiger partial charge < -0.3 is 5.11 Å². The summed E-state index contributed by atoms with van der Waals surface area (Å²) < 4.78 is 0. The maximum Gasteiger partial charge on any atom is 0.341 e. The molecule has 0 saturated carbocycles. The molecule has 0 heterocycles. The summed E-state index contributed by atoms with van der Waals surface area (Å²) in [6, 6.07) is -1.55. The average Bonchev–Trinajstić information content (AvgIpc) is 2.34. The number of rotatable bonds is 14. The number of unbranched alkanes of at least 4 members (excludes halogenated alkanes) is 11. The zero-order valence-corrected chi connectivity index (χ0v) is 15.2. The molecule has 0 aliphatic carbocycles. The third-order valence-electron chi connectivity index (χ3n) is 3.37. The second-order valence-electron chi connectivity index (χ2n) is 5.33. The third kappa shape index (κ3) is 19.0. The van der Waals surface area contributed by atoms with E-state index in [1.54, 1.807) is 0 Å². The minimum absolute atomic E-state index is 0.348. The maximum atomic E-state index is 8.65. The van der Waals surface area contributed by atoms with Crippen LogP contribution in [-0.2, 0) is 0 Å². The fourth-order valence-corrected chi connectivity index (χ4v) is 4.06. The van der Waals surface area contributed by atoms with Crippen LogP contribution in [0.5, 0.6) is 0 Å². The van der Waals surface area contributed by atoms with Gasteiger partial charge in [0.15, 0.2) is 0 Å². The predicted molar refractivity (Wildman–Crippen MR) is 90.6 cm³/mol. The van der Waals surface area contributed by atoms with Gasteiger partial charge in [0, 0.05) is 6.61 Å². The Hall–Kier alpha value is 1.05. The quantitative estimate of drug-likeness (QED) is 0.221. The van der Waals surface area contributed by atoms with Crippen molar-refractivity contribution in [2.45, 2.75) is 83.1 Å². The molecule has 0 saturated heterocycles. The van der Waals surface area contributed by atoms with Crippen LogP contribution in [0.2, 0.25) is 6.04 Å². The zero-order chi connectivity index (χ0) is 14.4. The van der Waals surface area contributed by atoms with Gasteiger partial charge in [0.05, 0.1) is 0 Å². The van der Waals surface area contributed by atoms with Crippen LogP contribution in [0.3, 0.4) is 0 Å². The lowest BCUT2D eigenvalue weighted by atomic mass is 10.1. The van der Waals surface area contributed by atoms with E-state index in [2.05, 4.69) is 0 Å². The van der Waals surface area contributed by atoms with Crippen LogP contribution in [0.1, 0.15) is 77.0 Å². The predicted octanol–water partition coefficient (Wildman–Crippen LogP) is 6.32. The normalized spacial score (nSPS) is 12.0. The Morgan fingerprint density at radius 2 is 0.842 bits per heavy atom. The smallest absolute Gasteiger partial charge is 0.341 e. The molecule has 0 unspecified atom stereocenters. The molecule has 1 nitrogen and oxygen atoms in total. The summed E-state index contributed by atoms with van der Waals surface area (Å²) in [7, 11) is 0.